The predicted octanol–water partition coefficient (Wildman–Crippen LogP) is 21.6. The monoisotopic (exact) mass is 1200 g/mol. The van der Waals surface area contributed by atoms with Gasteiger partial charge in [0, 0.05) is 19.3 Å². The number of esters is 3. The molecule has 3 atom stereocenters. The van der Waals surface area contributed by atoms with Crippen molar-refractivity contribution in [3.8, 4) is 0 Å². The Hall–Kier alpha value is -3.08. The summed E-state index contributed by atoms with van der Waals surface area (Å²) in [5, 5.41) is 9.89. The smallest absolute Gasteiger partial charge is 0.462 e. The molecule has 0 fully saturated rings. The van der Waals surface area contributed by atoms with Crippen molar-refractivity contribution in [2.24, 2.45) is 0 Å². The van der Waals surface area contributed by atoms with E-state index in [1.165, 1.54) is 154 Å². The zero-order valence-electron chi connectivity index (χ0n) is 54.4. The maximum Gasteiger partial charge on any atom is 0.472 e. The molecule has 11 nitrogen and oxygen atoms in total. The minimum absolute atomic E-state index is 0.150. The quantitative estimate of drug-likeness (QED) is 0.0197. The van der Waals surface area contributed by atoms with Gasteiger partial charge in [0.05, 0.1) is 19.8 Å². The van der Waals surface area contributed by atoms with Crippen LogP contribution in [-0.2, 0) is 42.2 Å². The molecule has 0 aromatic heterocycles. The lowest BCUT2D eigenvalue weighted by Gasteiger charge is -2.21. The van der Waals surface area contributed by atoms with Crippen LogP contribution in [0.2, 0.25) is 0 Å². The first-order valence-corrected chi connectivity index (χ1v) is 36.3. The van der Waals surface area contributed by atoms with Crippen LogP contribution in [0.25, 0.3) is 0 Å². The van der Waals surface area contributed by atoms with Crippen LogP contribution < -0.4 is 0 Å². The first kappa shape index (κ1) is 80.9. The second-order valence-electron chi connectivity index (χ2n) is 23.3. The molecule has 0 aliphatic rings. The summed E-state index contributed by atoms with van der Waals surface area (Å²) in [5.41, 5.74) is 0. The maximum absolute atomic E-state index is 13.0. The van der Waals surface area contributed by atoms with Crippen LogP contribution in [-0.4, -0.2) is 66.5 Å². The Morgan fingerprint density at radius 2 is 0.619 bits per heavy atom. The normalized spacial score (nSPS) is 13.6. The second kappa shape index (κ2) is 65.9. The molecule has 0 aliphatic heterocycles. The number of ether oxygens (including phenoxy) is 3. The lowest BCUT2D eigenvalue weighted by atomic mass is 10.0. The molecule has 0 bridgehead atoms. The van der Waals surface area contributed by atoms with Gasteiger partial charge in [-0.1, -0.05) is 293 Å². The van der Waals surface area contributed by atoms with E-state index in [1.807, 2.05) is 0 Å². The molecule has 0 aromatic carbocycles. The van der Waals surface area contributed by atoms with Crippen LogP contribution in [0.1, 0.15) is 329 Å². The number of rotatable bonds is 65. The van der Waals surface area contributed by atoms with Gasteiger partial charge in [-0.15, -0.1) is 0 Å². The highest BCUT2D eigenvalue weighted by Gasteiger charge is 2.28. The van der Waals surface area contributed by atoms with Gasteiger partial charge < -0.3 is 24.2 Å². The number of phosphoric acid groups is 1. The number of aliphatic hydroxyl groups is 1. The van der Waals surface area contributed by atoms with Gasteiger partial charge in [-0.25, -0.2) is 4.57 Å². The predicted molar refractivity (Wildman–Crippen MR) is 353 cm³/mol. The Kier molecular flexibility index (Phi) is 63.5. The lowest BCUT2D eigenvalue weighted by Crippen LogP contribution is -2.30. The van der Waals surface area contributed by atoms with Crippen molar-refractivity contribution in [2.75, 3.05) is 26.4 Å². The van der Waals surface area contributed by atoms with Crippen LogP contribution in [0.3, 0.4) is 0 Å². The topological polar surface area (TPSA) is 155 Å². The SMILES string of the molecule is CC/C=C\C/C=C\C/C=C\C/C=C\CCCCCCCCC(=O)OC(COC(=O)CCCCCCCCCCC/C=C\C/C=C\CCCCC)COP(=O)(O)OCC(CO)OC(=O)CCCCCCCCCCCCCCCCCCCCC. The number of aliphatic hydroxyl groups excluding tert-OH is 1. The van der Waals surface area contributed by atoms with Gasteiger partial charge in [-0.3, -0.25) is 23.4 Å². The fraction of sp³-hybridized carbons (Fsp3) is 0.792. The van der Waals surface area contributed by atoms with Crippen molar-refractivity contribution in [1.29, 1.82) is 0 Å². The van der Waals surface area contributed by atoms with Gasteiger partial charge in [-0.05, 0) is 89.9 Å². The van der Waals surface area contributed by atoms with Crippen LogP contribution >= 0.6 is 7.82 Å². The van der Waals surface area contributed by atoms with Gasteiger partial charge in [-0.2, -0.15) is 0 Å². The fourth-order valence-corrected chi connectivity index (χ4v) is 10.6. The van der Waals surface area contributed by atoms with E-state index < -0.39 is 57.8 Å². The summed E-state index contributed by atoms with van der Waals surface area (Å²) in [5.74, 6) is -1.47. The summed E-state index contributed by atoms with van der Waals surface area (Å²) in [4.78, 5) is 48.9. The van der Waals surface area contributed by atoms with Crippen molar-refractivity contribution in [1.82, 2.24) is 0 Å². The number of carbonyl (C=O) groups is 3. The van der Waals surface area contributed by atoms with Gasteiger partial charge >= 0.3 is 25.7 Å². The molecule has 12 heteroatoms. The van der Waals surface area contributed by atoms with Gasteiger partial charge in [0.25, 0.3) is 0 Å². The van der Waals surface area contributed by atoms with Crippen molar-refractivity contribution in [3.05, 3.63) is 72.9 Å². The average Bonchev–Trinajstić information content (AvgIpc) is 3.53. The van der Waals surface area contributed by atoms with Crippen molar-refractivity contribution < 1.29 is 52.2 Å². The number of hydrogen-bond donors (Lipinski definition) is 2. The van der Waals surface area contributed by atoms with Gasteiger partial charge in [0.2, 0.25) is 0 Å². The molecule has 84 heavy (non-hydrogen) atoms. The average molecular weight is 1200 g/mol. The summed E-state index contributed by atoms with van der Waals surface area (Å²) in [6, 6.07) is 0. The molecule has 0 aromatic rings. The molecule has 3 unspecified atom stereocenters. The number of allylic oxidation sites excluding steroid dienone is 12. The van der Waals surface area contributed by atoms with E-state index in [2.05, 4.69) is 93.7 Å². The molecular weight excluding hydrogens is 1070 g/mol. The van der Waals surface area contributed by atoms with E-state index in [4.69, 9.17) is 23.3 Å². The molecule has 0 spiro atoms. The summed E-state index contributed by atoms with van der Waals surface area (Å²) in [6.45, 7) is 4.56. The van der Waals surface area contributed by atoms with E-state index in [9.17, 15) is 28.9 Å². The van der Waals surface area contributed by atoms with E-state index in [1.54, 1.807) is 0 Å². The highest BCUT2D eigenvalue weighted by molar-refractivity contribution is 7.47. The number of unbranched alkanes of at least 4 members (excludes halogenated alkanes) is 36. The standard InChI is InChI=1S/C72H129O11P/c1-4-7-10-13-16-19-22-25-28-31-34-37-40-43-46-49-52-55-58-61-70(74)79-65-69(83-72(76)63-60-57-54-51-48-45-42-39-36-33-30-27-24-21-18-15-12-9-6-3)67-81-84(77,78)80-66-68(64-73)82-71(75)62-59-56-53-50-47-44-41-38-35-32-29-26-23-20-17-14-11-8-5-2/h9,12,16,18-19,21,25,27-28,30,36,39,68-69,73H,4-8,10-11,13-15,17,20,22-24,26,29,31-35,37-38,40-67H2,1-3H3,(H,77,78)/b12-9-,19-16-,21-18-,28-25-,30-27-,39-36-. The third-order valence-corrected chi connectivity index (χ3v) is 16.1. The third-order valence-electron chi connectivity index (χ3n) is 15.1. The Morgan fingerprint density at radius 3 is 0.976 bits per heavy atom. The van der Waals surface area contributed by atoms with Gasteiger partial charge in [0.1, 0.15) is 12.7 Å². The van der Waals surface area contributed by atoms with E-state index >= 15 is 0 Å². The Balaban J connectivity index is 4.68. The minimum atomic E-state index is -4.76. The minimum Gasteiger partial charge on any atom is -0.462 e. The fourth-order valence-electron chi connectivity index (χ4n) is 9.85. The summed E-state index contributed by atoms with van der Waals surface area (Å²) in [7, 11) is -4.76. The first-order valence-electron chi connectivity index (χ1n) is 34.8. The first-order chi connectivity index (χ1) is 41.2. The largest absolute Gasteiger partial charge is 0.472 e. The molecule has 0 heterocycles. The van der Waals surface area contributed by atoms with E-state index in [-0.39, 0.29) is 25.9 Å². The number of carbonyl (C=O) groups excluding carboxylic acids is 3. The van der Waals surface area contributed by atoms with Crippen LogP contribution in [0.15, 0.2) is 72.9 Å². The zero-order valence-corrected chi connectivity index (χ0v) is 55.3. The van der Waals surface area contributed by atoms with Crippen LogP contribution in [0, 0.1) is 0 Å². The summed E-state index contributed by atoms with van der Waals surface area (Å²) < 4.78 is 39.8. The molecule has 488 valence electrons. The highest BCUT2D eigenvalue weighted by atomic mass is 31.2. The summed E-state index contributed by atoms with van der Waals surface area (Å²) in [6.07, 6.45) is 77.0. The molecule has 0 aliphatic carbocycles. The zero-order chi connectivity index (χ0) is 61.2. The van der Waals surface area contributed by atoms with E-state index in [0.29, 0.717) is 19.3 Å². The Morgan fingerprint density at radius 1 is 0.345 bits per heavy atom. The lowest BCUT2D eigenvalue weighted by molar-refractivity contribution is -0.161. The van der Waals surface area contributed by atoms with Crippen molar-refractivity contribution in [2.45, 2.75) is 341 Å². The molecule has 0 saturated heterocycles. The molecule has 0 amide bonds. The Labute approximate surface area is 516 Å². The molecular formula is C72H129O11P. The maximum atomic E-state index is 13.0. The number of phosphoric ester groups is 1. The van der Waals surface area contributed by atoms with Crippen molar-refractivity contribution in [3.63, 3.8) is 0 Å². The Bertz CT molecular complexity index is 1690. The number of hydrogen-bond acceptors (Lipinski definition) is 10. The second-order valence-corrected chi connectivity index (χ2v) is 24.8. The van der Waals surface area contributed by atoms with Crippen molar-refractivity contribution >= 4 is 25.7 Å². The van der Waals surface area contributed by atoms with E-state index in [0.717, 1.165) is 116 Å². The third kappa shape index (κ3) is 63.4. The van der Waals surface area contributed by atoms with Crippen LogP contribution in [0.5, 0.6) is 0 Å². The molecule has 0 radical (unpaired) electrons. The highest BCUT2D eigenvalue weighted by Crippen LogP contribution is 2.43. The summed E-state index contributed by atoms with van der Waals surface area (Å²) >= 11 is 0. The molecule has 0 rings (SSSR count). The molecule has 0 saturated carbocycles. The molecule has 2 N–H and O–H groups in total. The van der Waals surface area contributed by atoms with Crippen LogP contribution in [0.4, 0.5) is 0 Å². The van der Waals surface area contributed by atoms with Gasteiger partial charge in [0.15, 0.2) is 6.10 Å².